The molecule has 5 nitrogen and oxygen atoms in total. The predicted octanol–water partition coefficient (Wildman–Crippen LogP) is 3.29. The van der Waals surface area contributed by atoms with E-state index in [9.17, 15) is 4.79 Å². The Kier molecular flexibility index (Phi) is 4.47. The van der Waals surface area contributed by atoms with Gasteiger partial charge in [0.15, 0.2) is 5.16 Å². The van der Waals surface area contributed by atoms with Gasteiger partial charge in [0.2, 0.25) is 5.91 Å². The molecule has 1 heterocycles. The number of amides is 1. The summed E-state index contributed by atoms with van der Waals surface area (Å²) in [6.07, 6.45) is 2.40. The van der Waals surface area contributed by atoms with E-state index in [0.29, 0.717) is 5.92 Å². The first kappa shape index (κ1) is 15.1. The lowest BCUT2D eigenvalue weighted by Gasteiger charge is -2.12. The van der Waals surface area contributed by atoms with Crippen molar-refractivity contribution in [2.45, 2.75) is 49.6 Å². The van der Waals surface area contributed by atoms with Crippen LogP contribution in [-0.2, 0) is 11.3 Å². The van der Waals surface area contributed by atoms with Crippen molar-refractivity contribution in [2.24, 2.45) is 0 Å². The highest BCUT2D eigenvalue weighted by Crippen LogP contribution is 2.40. The largest absolute Gasteiger partial charge is 0.325 e. The molecule has 0 spiro atoms. The molecule has 0 radical (unpaired) electrons. The molecule has 6 heteroatoms. The normalized spacial score (nSPS) is 15.5. The van der Waals surface area contributed by atoms with Gasteiger partial charge in [-0.1, -0.05) is 30.0 Å². The summed E-state index contributed by atoms with van der Waals surface area (Å²) in [4.78, 5) is 12.3. The number of aromatic nitrogens is 3. The molecule has 1 N–H and O–H groups in total. The third-order valence-corrected chi connectivity index (χ3v) is 4.78. The van der Waals surface area contributed by atoms with Gasteiger partial charge in [-0.3, -0.25) is 4.79 Å². The summed E-state index contributed by atoms with van der Waals surface area (Å²) in [5.41, 5.74) is 0.815. The van der Waals surface area contributed by atoms with Crippen molar-refractivity contribution in [3.05, 3.63) is 36.2 Å². The van der Waals surface area contributed by atoms with Crippen LogP contribution in [0.15, 0.2) is 35.5 Å². The van der Waals surface area contributed by atoms with Crippen molar-refractivity contribution >= 4 is 23.4 Å². The highest BCUT2D eigenvalue weighted by atomic mass is 32.2. The first-order chi connectivity index (χ1) is 10.7. The van der Waals surface area contributed by atoms with Crippen molar-refractivity contribution < 1.29 is 4.79 Å². The molecule has 116 valence electrons. The number of rotatable bonds is 6. The average molecular weight is 316 g/mol. The lowest BCUT2D eigenvalue weighted by Crippen LogP contribution is -2.22. The zero-order valence-electron chi connectivity index (χ0n) is 12.8. The van der Waals surface area contributed by atoms with Gasteiger partial charge in [0.05, 0.1) is 5.25 Å². The Morgan fingerprint density at radius 3 is 2.73 bits per heavy atom. The zero-order valence-corrected chi connectivity index (χ0v) is 13.6. The minimum Gasteiger partial charge on any atom is -0.325 e. The van der Waals surface area contributed by atoms with Gasteiger partial charge in [0.25, 0.3) is 0 Å². The SMILES string of the molecule is CCn1c(S[C@H](C)C(=O)Nc2ccccc2)nnc1C1CC1. The molecule has 0 unspecified atom stereocenters. The number of anilines is 1. The molecule has 0 saturated heterocycles. The van der Waals surface area contributed by atoms with E-state index >= 15 is 0 Å². The van der Waals surface area contributed by atoms with Crippen LogP contribution in [0.4, 0.5) is 5.69 Å². The smallest absolute Gasteiger partial charge is 0.237 e. The molecule has 1 amide bonds. The Hall–Kier alpha value is -1.82. The molecule has 0 aliphatic heterocycles. The molecule has 2 aromatic rings. The second-order valence-corrected chi connectivity index (χ2v) is 6.78. The molecule has 1 aliphatic carbocycles. The number of carbonyl (C=O) groups excluding carboxylic acids is 1. The van der Waals surface area contributed by atoms with E-state index < -0.39 is 0 Å². The molecule has 3 rings (SSSR count). The zero-order chi connectivity index (χ0) is 15.5. The standard InChI is InChI=1S/C16H20N4OS/c1-3-20-14(12-9-10-12)18-19-16(20)22-11(2)15(21)17-13-7-5-4-6-8-13/h4-8,11-12H,3,9-10H2,1-2H3,(H,17,21)/t11-/m1/s1. The Morgan fingerprint density at radius 1 is 1.36 bits per heavy atom. The molecule has 1 fully saturated rings. The maximum absolute atomic E-state index is 12.3. The number of hydrogen-bond acceptors (Lipinski definition) is 4. The van der Waals surface area contributed by atoms with Crippen LogP contribution in [0, 0.1) is 0 Å². The van der Waals surface area contributed by atoms with Crippen LogP contribution >= 0.6 is 11.8 Å². The Morgan fingerprint density at radius 2 is 2.09 bits per heavy atom. The fraction of sp³-hybridized carbons (Fsp3) is 0.438. The Bertz CT molecular complexity index is 651. The number of benzene rings is 1. The third kappa shape index (κ3) is 3.32. The maximum atomic E-state index is 12.3. The quantitative estimate of drug-likeness (QED) is 0.831. The Balaban J connectivity index is 1.66. The van der Waals surface area contributed by atoms with Gasteiger partial charge in [-0.15, -0.1) is 10.2 Å². The number of nitrogens with zero attached hydrogens (tertiary/aromatic N) is 3. The molecule has 1 aliphatic rings. The van der Waals surface area contributed by atoms with E-state index in [1.807, 2.05) is 37.3 Å². The van der Waals surface area contributed by atoms with Crippen LogP contribution in [0.3, 0.4) is 0 Å². The van der Waals surface area contributed by atoms with Gasteiger partial charge in [0.1, 0.15) is 5.82 Å². The minimum absolute atomic E-state index is 0.0187. The van der Waals surface area contributed by atoms with E-state index in [2.05, 4.69) is 27.0 Å². The van der Waals surface area contributed by atoms with Crippen LogP contribution < -0.4 is 5.32 Å². The van der Waals surface area contributed by atoms with Crippen LogP contribution in [0.25, 0.3) is 0 Å². The summed E-state index contributed by atoms with van der Waals surface area (Å²) < 4.78 is 2.13. The fourth-order valence-electron chi connectivity index (χ4n) is 2.30. The number of para-hydroxylation sites is 1. The molecule has 1 aromatic carbocycles. The lowest BCUT2D eigenvalue weighted by molar-refractivity contribution is -0.115. The van der Waals surface area contributed by atoms with E-state index in [1.165, 1.54) is 24.6 Å². The molecule has 1 atom stereocenters. The third-order valence-electron chi connectivity index (χ3n) is 3.70. The summed E-state index contributed by atoms with van der Waals surface area (Å²) in [6.45, 7) is 4.83. The highest BCUT2D eigenvalue weighted by molar-refractivity contribution is 8.00. The van der Waals surface area contributed by atoms with E-state index in [4.69, 9.17) is 0 Å². The molecular formula is C16H20N4OS. The molecule has 1 aromatic heterocycles. The number of hydrogen-bond donors (Lipinski definition) is 1. The van der Waals surface area contributed by atoms with Gasteiger partial charge in [-0.05, 0) is 38.8 Å². The van der Waals surface area contributed by atoms with Crippen LogP contribution in [0.5, 0.6) is 0 Å². The summed E-state index contributed by atoms with van der Waals surface area (Å²) >= 11 is 1.47. The van der Waals surface area contributed by atoms with Gasteiger partial charge < -0.3 is 9.88 Å². The number of thioether (sulfide) groups is 1. The summed E-state index contributed by atoms with van der Waals surface area (Å²) in [5.74, 6) is 1.62. The fourth-order valence-corrected chi connectivity index (χ4v) is 3.23. The number of nitrogens with one attached hydrogen (secondary N) is 1. The summed E-state index contributed by atoms with van der Waals surface area (Å²) in [6, 6.07) is 9.51. The molecule has 22 heavy (non-hydrogen) atoms. The van der Waals surface area contributed by atoms with E-state index in [1.54, 1.807) is 0 Å². The Labute approximate surface area is 134 Å². The topological polar surface area (TPSA) is 59.8 Å². The van der Waals surface area contributed by atoms with Gasteiger partial charge in [0, 0.05) is 18.2 Å². The van der Waals surface area contributed by atoms with Gasteiger partial charge in [-0.25, -0.2) is 0 Å². The summed E-state index contributed by atoms with van der Waals surface area (Å²) in [7, 11) is 0. The van der Waals surface area contributed by atoms with Crippen LogP contribution in [0.1, 0.15) is 38.4 Å². The van der Waals surface area contributed by atoms with Gasteiger partial charge >= 0.3 is 0 Å². The summed E-state index contributed by atoms with van der Waals surface area (Å²) in [5, 5.41) is 12.1. The second kappa shape index (κ2) is 6.52. The lowest BCUT2D eigenvalue weighted by atomic mass is 10.3. The van der Waals surface area contributed by atoms with Crippen LogP contribution in [0.2, 0.25) is 0 Å². The highest BCUT2D eigenvalue weighted by Gasteiger charge is 2.30. The van der Waals surface area contributed by atoms with E-state index in [-0.39, 0.29) is 11.2 Å². The minimum atomic E-state index is -0.221. The monoisotopic (exact) mass is 316 g/mol. The van der Waals surface area contributed by atoms with Gasteiger partial charge in [-0.2, -0.15) is 0 Å². The van der Waals surface area contributed by atoms with Crippen molar-refractivity contribution in [3.8, 4) is 0 Å². The average Bonchev–Trinajstić information content (AvgIpc) is 3.29. The number of carbonyl (C=O) groups is 1. The first-order valence-electron chi connectivity index (χ1n) is 7.64. The van der Waals surface area contributed by atoms with Crippen LogP contribution in [-0.4, -0.2) is 25.9 Å². The first-order valence-corrected chi connectivity index (χ1v) is 8.52. The molecule has 0 bridgehead atoms. The maximum Gasteiger partial charge on any atom is 0.237 e. The van der Waals surface area contributed by atoms with Crippen molar-refractivity contribution in [2.75, 3.05) is 5.32 Å². The van der Waals surface area contributed by atoms with Crippen molar-refractivity contribution in [3.63, 3.8) is 0 Å². The molecular weight excluding hydrogens is 296 g/mol. The molecule has 1 saturated carbocycles. The predicted molar refractivity (Wildman–Crippen MR) is 88.1 cm³/mol. The second-order valence-electron chi connectivity index (χ2n) is 5.47. The van der Waals surface area contributed by atoms with Crippen molar-refractivity contribution in [1.82, 2.24) is 14.8 Å². The van der Waals surface area contributed by atoms with E-state index in [0.717, 1.165) is 23.2 Å². The van der Waals surface area contributed by atoms with Crippen molar-refractivity contribution in [1.29, 1.82) is 0 Å².